The topological polar surface area (TPSA) is 87.5 Å². The summed E-state index contributed by atoms with van der Waals surface area (Å²) >= 11 is 1.40. The Balaban J connectivity index is 1.51. The lowest BCUT2D eigenvalue weighted by molar-refractivity contribution is -0.126. The Kier molecular flexibility index (Phi) is 5.92. The minimum absolute atomic E-state index is 0.0126. The lowest BCUT2D eigenvalue weighted by Crippen LogP contribution is -2.42. The van der Waals surface area contributed by atoms with Gasteiger partial charge in [0.05, 0.1) is 18.5 Å². The molecule has 2 N–H and O–H groups in total. The normalized spacial score (nSPS) is 15.1. The number of hydrogen-bond acceptors (Lipinski definition) is 6. The molecule has 0 atom stereocenters. The van der Waals surface area contributed by atoms with E-state index in [4.69, 9.17) is 4.42 Å². The van der Waals surface area contributed by atoms with Gasteiger partial charge in [-0.25, -0.2) is 4.98 Å². The van der Waals surface area contributed by atoms with Crippen molar-refractivity contribution in [2.75, 3.05) is 25.0 Å². The Hall–Kier alpha value is -2.35. The maximum atomic E-state index is 12.8. The molecule has 1 aliphatic rings. The fourth-order valence-corrected chi connectivity index (χ4v) is 4.04. The summed E-state index contributed by atoms with van der Waals surface area (Å²) in [6.07, 6.45) is 2.94. The van der Waals surface area contributed by atoms with Gasteiger partial charge in [0.1, 0.15) is 10.6 Å². The highest BCUT2D eigenvalue weighted by Crippen LogP contribution is 2.26. The number of amides is 2. The van der Waals surface area contributed by atoms with Crippen LogP contribution in [-0.2, 0) is 11.3 Å². The molecule has 26 heavy (non-hydrogen) atoms. The zero-order valence-corrected chi connectivity index (χ0v) is 15.9. The van der Waals surface area contributed by atoms with Crippen molar-refractivity contribution in [1.82, 2.24) is 15.2 Å². The molecule has 1 fully saturated rings. The summed E-state index contributed by atoms with van der Waals surface area (Å²) < 4.78 is 5.22. The van der Waals surface area contributed by atoms with Crippen LogP contribution in [0.3, 0.4) is 0 Å². The molecule has 8 heteroatoms. The van der Waals surface area contributed by atoms with E-state index in [1.54, 1.807) is 12.3 Å². The summed E-state index contributed by atoms with van der Waals surface area (Å²) in [7, 11) is 0. The molecular formula is C18H24N4O3S. The van der Waals surface area contributed by atoms with E-state index >= 15 is 0 Å². The average molecular weight is 376 g/mol. The Morgan fingerprint density at radius 2 is 2.15 bits per heavy atom. The monoisotopic (exact) mass is 376 g/mol. The standard InChI is InChI=1S/C18H24N4O3S/c1-3-19-18-21-12(2)15(26-18)17(24)22-8-6-13(7-9-22)16(23)20-11-14-5-4-10-25-14/h4-5,10,13H,3,6-9,11H2,1-2H3,(H,19,21)(H,20,23). The van der Waals surface area contributed by atoms with Gasteiger partial charge < -0.3 is 20.0 Å². The van der Waals surface area contributed by atoms with Crippen molar-refractivity contribution < 1.29 is 14.0 Å². The first kappa shape index (κ1) is 18.4. The molecule has 0 saturated carbocycles. The van der Waals surface area contributed by atoms with Crippen molar-refractivity contribution in [2.45, 2.75) is 33.2 Å². The number of likely N-dealkylation sites (tertiary alicyclic amines) is 1. The number of furan rings is 1. The molecule has 2 aromatic rings. The fraction of sp³-hybridized carbons (Fsp3) is 0.500. The fourth-order valence-electron chi connectivity index (χ4n) is 3.04. The van der Waals surface area contributed by atoms with E-state index in [2.05, 4.69) is 15.6 Å². The van der Waals surface area contributed by atoms with E-state index in [1.165, 1.54) is 11.3 Å². The summed E-state index contributed by atoms with van der Waals surface area (Å²) in [5.74, 6) is 0.715. The first-order chi connectivity index (χ1) is 12.6. The second kappa shape index (κ2) is 8.35. The largest absolute Gasteiger partial charge is 0.467 e. The van der Waals surface area contributed by atoms with Crippen molar-refractivity contribution in [3.63, 3.8) is 0 Å². The quantitative estimate of drug-likeness (QED) is 0.809. The highest BCUT2D eigenvalue weighted by Gasteiger charge is 2.29. The predicted octanol–water partition coefficient (Wildman–Crippen LogP) is 2.64. The van der Waals surface area contributed by atoms with Gasteiger partial charge in [-0.2, -0.15) is 0 Å². The van der Waals surface area contributed by atoms with Crippen molar-refractivity contribution in [2.24, 2.45) is 5.92 Å². The van der Waals surface area contributed by atoms with E-state index in [0.717, 1.165) is 23.1 Å². The number of anilines is 1. The van der Waals surface area contributed by atoms with Gasteiger partial charge in [0.15, 0.2) is 5.13 Å². The summed E-state index contributed by atoms with van der Waals surface area (Å²) in [6.45, 7) is 6.22. The molecule has 1 aliphatic heterocycles. The van der Waals surface area contributed by atoms with E-state index in [-0.39, 0.29) is 17.7 Å². The summed E-state index contributed by atoms with van der Waals surface area (Å²) in [4.78, 5) is 32.0. The number of thiazole rings is 1. The molecule has 7 nitrogen and oxygen atoms in total. The number of aryl methyl sites for hydroxylation is 1. The molecule has 1 saturated heterocycles. The average Bonchev–Trinajstić information content (AvgIpc) is 3.29. The number of rotatable bonds is 6. The zero-order chi connectivity index (χ0) is 18.5. The molecule has 0 radical (unpaired) electrons. The highest BCUT2D eigenvalue weighted by molar-refractivity contribution is 7.17. The van der Waals surface area contributed by atoms with Crippen molar-refractivity contribution in [3.8, 4) is 0 Å². The van der Waals surface area contributed by atoms with Gasteiger partial charge in [0.25, 0.3) is 5.91 Å². The number of piperidine rings is 1. The number of aromatic nitrogens is 1. The second-order valence-corrected chi connectivity index (χ2v) is 7.33. The Labute approximate surface area is 156 Å². The van der Waals surface area contributed by atoms with Crippen LogP contribution in [0.1, 0.15) is 40.9 Å². The predicted molar refractivity (Wildman–Crippen MR) is 100 cm³/mol. The maximum absolute atomic E-state index is 12.8. The third kappa shape index (κ3) is 4.24. The molecule has 140 valence electrons. The number of carbonyl (C=O) groups is 2. The maximum Gasteiger partial charge on any atom is 0.265 e. The minimum Gasteiger partial charge on any atom is -0.467 e. The van der Waals surface area contributed by atoms with Gasteiger partial charge in [-0.3, -0.25) is 9.59 Å². The van der Waals surface area contributed by atoms with E-state index in [9.17, 15) is 9.59 Å². The number of hydrogen-bond donors (Lipinski definition) is 2. The number of nitrogens with zero attached hydrogens (tertiary/aromatic N) is 2. The molecule has 2 aromatic heterocycles. The summed E-state index contributed by atoms with van der Waals surface area (Å²) in [6, 6.07) is 3.63. The third-order valence-electron chi connectivity index (χ3n) is 4.49. The number of carbonyl (C=O) groups excluding carboxylic acids is 2. The Morgan fingerprint density at radius 1 is 1.38 bits per heavy atom. The van der Waals surface area contributed by atoms with Gasteiger partial charge in [0.2, 0.25) is 5.91 Å². The molecule has 2 amide bonds. The van der Waals surface area contributed by atoms with Crippen LogP contribution in [0.4, 0.5) is 5.13 Å². The Bertz CT molecular complexity index is 749. The van der Waals surface area contributed by atoms with Crippen LogP contribution >= 0.6 is 11.3 Å². The van der Waals surface area contributed by atoms with Gasteiger partial charge in [-0.05, 0) is 38.8 Å². The third-order valence-corrected chi connectivity index (χ3v) is 5.59. The molecular weight excluding hydrogens is 352 g/mol. The van der Waals surface area contributed by atoms with Crippen LogP contribution in [0.25, 0.3) is 0 Å². The Morgan fingerprint density at radius 3 is 2.81 bits per heavy atom. The SMILES string of the molecule is CCNc1nc(C)c(C(=O)N2CCC(C(=O)NCc3ccco3)CC2)s1. The van der Waals surface area contributed by atoms with E-state index in [0.29, 0.717) is 37.4 Å². The summed E-state index contributed by atoms with van der Waals surface area (Å²) in [5.41, 5.74) is 0.759. The molecule has 0 aliphatic carbocycles. The first-order valence-electron chi connectivity index (χ1n) is 8.89. The number of nitrogens with one attached hydrogen (secondary N) is 2. The van der Waals surface area contributed by atoms with Crippen molar-refractivity contribution in [1.29, 1.82) is 0 Å². The summed E-state index contributed by atoms with van der Waals surface area (Å²) in [5, 5.41) is 6.83. The van der Waals surface area contributed by atoms with Gasteiger partial charge >= 0.3 is 0 Å². The lowest BCUT2D eigenvalue weighted by atomic mass is 9.95. The highest BCUT2D eigenvalue weighted by atomic mass is 32.1. The molecule has 0 aromatic carbocycles. The van der Waals surface area contributed by atoms with Crippen LogP contribution in [0.2, 0.25) is 0 Å². The molecule has 3 heterocycles. The van der Waals surface area contributed by atoms with E-state index in [1.807, 2.05) is 24.8 Å². The zero-order valence-electron chi connectivity index (χ0n) is 15.1. The first-order valence-corrected chi connectivity index (χ1v) is 9.70. The molecule has 3 rings (SSSR count). The van der Waals surface area contributed by atoms with Crippen LogP contribution in [0.5, 0.6) is 0 Å². The molecule has 0 bridgehead atoms. The van der Waals surface area contributed by atoms with Crippen LogP contribution in [0.15, 0.2) is 22.8 Å². The van der Waals surface area contributed by atoms with E-state index < -0.39 is 0 Å². The van der Waals surface area contributed by atoms with Crippen molar-refractivity contribution >= 4 is 28.3 Å². The second-order valence-electron chi connectivity index (χ2n) is 6.33. The van der Waals surface area contributed by atoms with Crippen LogP contribution in [-0.4, -0.2) is 41.3 Å². The smallest absolute Gasteiger partial charge is 0.265 e. The van der Waals surface area contributed by atoms with Crippen molar-refractivity contribution in [3.05, 3.63) is 34.7 Å². The molecule has 0 spiro atoms. The van der Waals surface area contributed by atoms with Gasteiger partial charge in [-0.15, -0.1) is 0 Å². The van der Waals surface area contributed by atoms with Crippen LogP contribution in [0, 0.1) is 12.8 Å². The molecule has 0 unspecified atom stereocenters. The minimum atomic E-state index is -0.0612. The van der Waals surface area contributed by atoms with Gasteiger partial charge in [0, 0.05) is 25.6 Å². The van der Waals surface area contributed by atoms with Crippen LogP contribution < -0.4 is 10.6 Å². The van der Waals surface area contributed by atoms with Gasteiger partial charge in [-0.1, -0.05) is 11.3 Å². The lowest BCUT2D eigenvalue weighted by Gasteiger charge is -2.31.